The number of thioether (sulfide) groups is 1. The van der Waals surface area contributed by atoms with Gasteiger partial charge in [0.1, 0.15) is 17.2 Å². The van der Waals surface area contributed by atoms with Crippen LogP contribution in [0.4, 0.5) is 16.2 Å². The van der Waals surface area contributed by atoms with E-state index in [1.165, 1.54) is 19.2 Å². The molecule has 0 aliphatic rings. The van der Waals surface area contributed by atoms with E-state index in [0.717, 1.165) is 11.5 Å². The minimum absolute atomic E-state index is 0.113. The minimum atomic E-state index is -0.572. The molecule has 0 aliphatic carbocycles. The summed E-state index contributed by atoms with van der Waals surface area (Å²) in [6, 6.07) is 7.44. The fourth-order valence-electron chi connectivity index (χ4n) is 1.87. The van der Waals surface area contributed by atoms with Crippen LogP contribution < -0.4 is 15.4 Å². The molecule has 128 valence electrons. The monoisotopic (exact) mass is 351 g/mol. The SMILES string of the molecule is COc1ccc(NC(=O)NCCSCc2ccco2)c([N+](=O)[O-])c1. The standard InChI is InChI=1S/C15H17N3O5S/c1-22-11-4-5-13(14(9-11)18(20)21)17-15(19)16-6-8-24-10-12-3-2-7-23-12/h2-5,7,9H,6,8,10H2,1H3,(H2,16,17,19). The van der Waals surface area contributed by atoms with Crippen LogP contribution in [0.15, 0.2) is 41.0 Å². The van der Waals surface area contributed by atoms with Crippen molar-refractivity contribution in [2.24, 2.45) is 0 Å². The molecule has 0 saturated carbocycles. The lowest BCUT2D eigenvalue weighted by molar-refractivity contribution is -0.384. The van der Waals surface area contributed by atoms with Crippen LogP contribution in [0.5, 0.6) is 5.75 Å². The molecular formula is C15H17N3O5S. The first-order valence-electron chi connectivity index (χ1n) is 7.07. The van der Waals surface area contributed by atoms with Crippen LogP contribution in [0.1, 0.15) is 5.76 Å². The number of methoxy groups -OCH3 is 1. The van der Waals surface area contributed by atoms with E-state index in [0.29, 0.717) is 18.0 Å². The van der Waals surface area contributed by atoms with E-state index in [1.54, 1.807) is 24.1 Å². The molecular weight excluding hydrogens is 334 g/mol. The third-order valence-electron chi connectivity index (χ3n) is 3.01. The lowest BCUT2D eigenvalue weighted by atomic mass is 10.2. The maximum atomic E-state index is 11.8. The van der Waals surface area contributed by atoms with Gasteiger partial charge in [-0.2, -0.15) is 11.8 Å². The van der Waals surface area contributed by atoms with Crippen molar-refractivity contribution >= 4 is 29.2 Å². The molecule has 0 radical (unpaired) electrons. The van der Waals surface area contributed by atoms with Crippen LogP contribution >= 0.6 is 11.8 Å². The average Bonchev–Trinajstić information content (AvgIpc) is 3.08. The Morgan fingerprint density at radius 3 is 2.92 bits per heavy atom. The number of urea groups is 1. The van der Waals surface area contributed by atoms with E-state index in [2.05, 4.69) is 10.6 Å². The molecule has 2 amide bonds. The second-order valence-corrected chi connectivity index (χ2v) is 5.76. The largest absolute Gasteiger partial charge is 0.496 e. The summed E-state index contributed by atoms with van der Waals surface area (Å²) in [7, 11) is 1.42. The Hall–Kier alpha value is -2.68. The number of nitrogens with one attached hydrogen (secondary N) is 2. The first-order valence-corrected chi connectivity index (χ1v) is 8.23. The van der Waals surface area contributed by atoms with Crippen molar-refractivity contribution in [3.63, 3.8) is 0 Å². The van der Waals surface area contributed by atoms with Crippen LogP contribution in [-0.2, 0) is 5.75 Å². The van der Waals surface area contributed by atoms with Crippen molar-refractivity contribution in [1.29, 1.82) is 0 Å². The molecule has 2 aromatic rings. The van der Waals surface area contributed by atoms with Gasteiger partial charge >= 0.3 is 6.03 Å². The van der Waals surface area contributed by atoms with Crippen LogP contribution in [0, 0.1) is 10.1 Å². The van der Waals surface area contributed by atoms with Crippen molar-refractivity contribution in [2.45, 2.75) is 5.75 Å². The fourth-order valence-corrected chi connectivity index (χ4v) is 2.62. The highest BCUT2D eigenvalue weighted by Crippen LogP contribution is 2.28. The van der Waals surface area contributed by atoms with Gasteiger partial charge in [0.25, 0.3) is 5.69 Å². The molecule has 1 aromatic heterocycles. The number of hydrogen-bond acceptors (Lipinski definition) is 6. The summed E-state index contributed by atoms with van der Waals surface area (Å²) in [5.74, 6) is 2.64. The number of nitrogens with zero attached hydrogens (tertiary/aromatic N) is 1. The lowest BCUT2D eigenvalue weighted by Gasteiger charge is -2.09. The quantitative estimate of drug-likeness (QED) is 0.429. The highest BCUT2D eigenvalue weighted by Gasteiger charge is 2.16. The Bertz CT molecular complexity index is 690. The molecule has 1 aromatic carbocycles. The number of nitro groups is 1. The first kappa shape index (κ1) is 17.7. The molecule has 0 aliphatic heterocycles. The fraction of sp³-hybridized carbons (Fsp3) is 0.267. The van der Waals surface area contributed by atoms with E-state index in [1.807, 2.05) is 12.1 Å². The summed E-state index contributed by atoms with van der Waals surface area (Å²) in [5.41, 5.74) is -0.113. The summed E-state index contributed by atoms with van der Waals surface area (Å²) in [6.45, 7) is 0.432. The number of carbonyl (C=O) groups is 1. The number of hydrogen-bond donors (Lipinski definition) is 2. The van der Waals surface area contributed by atoms with Gasteiger partial charge in [-0.25, -0.2) is 4.79 Å². The number of anilines is 1. The van der Waals surface area contributed by atoms with Crippen molar-refractivity contribution in [1.82, 2.24) is 5.32 Å². The summed E-state index contributed by atoms with van der Waals surface area (Å²) in [6.07, 6.45) is 1.61. The Balaban J connectivity index is 1.78. The third-order valence-corrected chi connectivity index (χ3v) is 3.99. The molecule has 9 heteroatoms. The van der Waals surface area contributed by atoms with Crippen molar-refractivity contribution < 1.29 is 18.9 Å². The van der Waals surface area contributed by atoms with Gasteiger partial charge in [-0.3, -0.25) is 10.1 Å². The van der Waals surface area contributed by atoms with Crippen LogP contribution in [0.2, 0.25) is 0 Å². The van der Waals surface area contributed by atoms with E-state index in [-0.39, 0.29) is 11.4 Å². The van der Waals surface area contributed by atoms with Gasteiger partial charge in [0, 0.05) is 12.3 Å². The Morgan fingerprint density at radius 1 is 1.42 bits per heavy atom. The summed E-state index contributed by atoms with van der Waals surface area (Å²) in [5, 5.41) is 16.2. The Morgan fingerprint density at radius 2 is 2.25 bits per heavy atom. The molecule has 0 bridgehead atoms. The van der Waals surface area contributed by atoms with Gasteiger partial charge in [-0.15, -0.1) is 0 Å². The second kappa shape index (κ2) is 8.82. The number of amides is 2. The molecule has 0 unspecified atom stereocenters. The average molecular weight is 351 g/mol. The maximum absolute atomic E-state index is 11.8. The Labute approximate surface area is 142 Å². The maximum Gasteiger partial charge on any atom is 0.319 e. The zero-order valence-corrected chi connectivity index (χ0v) is 13.8. The summed E-state index contributed by atoms with van der Waals surface area (Å²) < 4.78 is 10.1. The minimum Gasteiger partial charge on any atom is -0.496 e. The first-order chi connectivity index (χ1) is 11.6. The summed E-state index contributed by atoms with van der Waals surface area (Å²) in [4.78, 5) is 22.3. The molecule has 0 fully saturated rings. The number of nitro benzene ring substituents is 1. The van der Waals surface area contributed by atoms with E-state index >= 15 is 0 Å². The lowest BCUT2D eigenvalue weighted by Crippen LogP contribution is -2.30. The molecule has 0 spiro atoms. The molecule has 2 rings (SSSR count). The number of rotatable bonds is 8. The molecule has 8 nitrogen and oxygen atoms in total. The van der Waals surface area contributed by atoms with Gasteiger partial charge in [0.2, 0.25) is 0 Å². The van der Waals surface area contributed by atoms with E-state index < -0.39 is 11.0 Å². The Kier molecular flexibility index (Phi) is 6.50. The van der Waals surface area contributed by atoms with Crippen LogP contribution in [0.25, 0.3) is 0 Å². The van der Waals surface area contributed by atoms with E-state index in [4.69, 9.17) is 9.15 Å². The number of ether oxygens (including phenoxy) is 1. The van der Waals surface area contributed by atoms with Gasteiger partial charge in [-0.05, 0) is 24.3 Å². The molecule has 24 heavy (non-hydrogen) atoms. The number of furan rings is 1. The number of carbonyl (C=O) groups excluding carboxylic acids is 1. The predicted molar refractivity (Wildman–Crippen MR) is 91.5 cm³/mol. The third kappa shape index (κ3) is 5.20. The highest BCUT2D eigenvalue weighted by molar-refractivity contribution is 7.98. The van der Waals surface area contributed by atoms with E-state index in [9.17, 15) is 14.9 Å². The molecule has 1 heterocycles. The van der Waals surface area contributed by atoms with Crippen LogP contribution in [-0.4, -0.2) is 30.4 Å². The molecule has 0 saturated heterocycles. The highest BCUT2D eigenvalue weighted by atomic mass is 32.2. The van der Waals surface area contributed by atoms with Gasteiger partial charge in [0.05, 0.1) is 30.1 Å². The van der Waals surface area contributed by atoms with Crippen LogP contribution in [0.3, 0.4) is 0 Å². The van der Waals surface area contributed by atoms with Crippen molar-refractivity contribution in [2.75, 3.05) is 24.7 Å². The zero-order chi connectivity index (χ0) is 17.4. The van der Waals surface area contributed by atoms with Gasteiger partial charge in [0.15, 0.2) is 0 Å². The smallest absolute Gasteiger partial charge is 0.319 e. The normalized spacial score (nSPS) is 10.2. The second-order valence-electron chi connectivity index (χ2n) is 4.65. The molecule has 2 N–H and O–H groups in total. The van der Waals surface area contributed by atoms with Crippen molar-refractivity contribution in [3.8, 4) is 5.75 Å². The predicted octanol–water partition coefficient (Wildman–Crippen LogP) is 3.25. The molecule has 0 atom stereocenters. The van der Waals surface area contributed by atoms with Gasteiger partial charge in [-0.1, -0.05) is 0 Å². The number of benzene rings is 1. The zero-order valence-electron chi connectivity index (χ0n) is 13.0. The topological polar surface area (TPSA) is 107 Å². The summed E-state index contributed by atoms with van der Waals surface area (Å²) >= 11 is 1.61. The van der Waals surface area contributed by atoms with Crippen molar-refractivity contribution in [3.05, 3.63) is 52.5 Å². The van der Waals surface area contributed by atoms with Gasteiger partial charge < -0.3 is 19.8 Å².